The second kappa shape index (κ2) is 46.8. The number of pyridine rings is 4. The Balaban J connectivity index is 0.000000152. The van der Waals surface area contributed by atoms with Gasteiger partial charge in [-0.25, -0.2) is 33.1 Å². The minimum atomic E-state index is -0.732. The molecule has 0 bridgehead atoms. The monoisotopic (exact) mass is 1930 g/mol. The fourth-order valence-corrected chi connectivity index (χ4v) is 15.4. The number of nitrogens with zero attached hydrogens (tertiary/aromatic N) is 8. The Morgan fingerprint density at radius 1 is 0.261 bits per heavy atom. The maximum Gasteiger partial charge on any atom is 0.258 e. The van der Waals surface area contributed by atoms with Gasteiger partial charge in [0.25, 0.3) is 47.3 Å². The summed E-state index contributed by atoms with van der Waals surface area (Å²) in [5, 5.41) is 56.1. The summed E-state index contributed by atoms with van der Waals surface area (Å²) in [5.74, 6) is -3.89. The molecule has 0 unspecified atom stereocenters. The summed E-state index contributed by atoms with van der Waals surface area (Å²) in [5.41, 5.74) is 3.96. The Labute approximate surface area is 793 Å². The molecule has 12 aromatic rings. The van der Waals surface area contributed by atoms with Gasteiger partial charge in [-0.2, -0.15) is 0 Å². The molecule has 28 nitrogen and oxygen atoms in total. The second-order valence-corrected chi connectivity index (χ2v) is 33.4. The van der Waals surface area contributed by atoms with Gasteiger partial charge in [0.2, 0.25) is 0 Å². The topological polar surface area (TPSA) is 393 Å². The molecule has 4 aliphatic heterocycles. The van der Waals surface area contributed by atoms with Crippen LogP contribution in [0, 0.1) is 39.1 Å². The van der Waals surface area contributed by atoms with Gasteiger partial charge >= 0.3 is 0 Å². The van der Waals surface area contributed by atoms with Crippen LogP contribution in [0.5, 0.6) is 0 Å². The van der Waals surface area contributed by atoms with Crippen LogP contribution >= 0.6 is 50.7 Å². The number of piperidine rings is 3. The zero-order chi connectivity index (χ0) is 94.7. The van der Waals surface area contributed by atoms with E-state index in [9.17, 15) is 51.5 Å². The van der Waals surface area contributed by atoms with Crippen molar-refractivity contribution in [3.05, 3.63) is 353 Å². The molecule has 0 saturated carbocycles. The molecule has 0 spiro atoms. The lowest BCUT2D eigenvalue weighted by atomic mass is 10.1. The van der Waals surface area contributed by atoms with Gasteiger partial charge in [-0.3, -0.25) is 60.0 Å². The van der Waals surface area contributed by atoms with Gasteiger partial charge in [0.05, 0.1) is 76.8 Å². The third-order valence-electron chi connectivity index (χ3n) is 21.9. The van der Waals surface area contributed by atoms with Crippen molar-refractivity contribution < 1.29 is 51.5 Å². The van der Waals surface area contributed by atoms with Crippen molar-refractivity contribution in [3.63, 3.8) is 0 Å². The summed E-state index contributed by atoms with van der Waals surface area (Å²) in [4.78, 5) is 126. The van der Waals surface area contributed by atoms with Crippen LogP contribution in [0.3, 0.4) is 0 Å². The van der Waals surface area contributed by atoms with Crippen molar-refractivity contribution in [2.24, 2.45) is 0 Å². The number of benzene rings is 8. The minimum Gasteiger partial charge on any atom is -0.357 e. The number of anilines is 8. The lowest BCUT2D eigenvalue weighted by molar-refractivity contribution is 0.100. The molecule has 8 amide bonds. The molecule has 4 aromatic heterocycles. The van der Waals surface area contributed by atoms with Crippen LogP contribution in [0.4, 0.5) is 59.2 Å². The van der Waals surface area contributed by atoms with E-state index in [4.69, 9.17) is 56.4 Å². The summed E-state index contributed by atoms with van der Waals surface area (Å²) in [7, 11) is 0. The summed E-state index contributed by atoms with van der Waals surface area (Å²) in [6.07, 6.45) is 17.5. The van der Waals surface area contributed by atoms with Crippen LogP contribution in [0.2, 0.25) is 15.1 Å². The summed E-state index contributed by atoms with van der Waals surface area (Å²) in [6.45, 7) is 6.42. The number of carbonyl (C=O) groups excluding carboxylic acids is 8. The molecule has 12 N–H and O–H groups in total. The maximum absolute atomic E-state index is 14.8. The Hall–Kier alpha value is -14.9. The highest BCUT2D eigenvalue weighted by atomic mass is 79.9. The predicted molar refractivity (Wildman–Crippen MR) is 519 cm³/mol. The zero-order valence-corrected chi connectivity index (χ0v) is 75.9. The summed E-state index contributed by atoms with van der Waals surface area (Å²) < 4.78 is 45.3. The lowest BCUT2D eigenvalue weighted by Gasteiger charge is -2.29. The number of carbonyl (C=O) groups is 8. The standard InChI is InChI=1S/C25H23BrFN5O2.2C25H23ClFN5O2.C24H22ClN5O2/c3*26-17-9-11-22(29-15-17)31-25(34)19-6-2-3-7-21(19)30-24(33)18-10-8-16(14-20(18)27)23(28)32-12-4-1-5-13-32;25-18-11-12-21(27-15-18)29-24(32)19-5-1-2-6-20(19)28-23(31)17-9-7-16(8-10-17)22(26)30-13-3-4-14-30/h3*2-3,6-11,14-15,28H,1,4-5,12-13H2,(H,30,33)(H,29,31,34);1-2,5-12,15,26H,3-4,13-14H2,(H,28,31)(H,27,29,32). The van der Waals surface area contributed by atoms with E-state index in [1.54, 1.807) is 194 Å². The molecule has 35 heteroatoms. The molecule has 0 aliphatic carbocycles. The van der Waals surface area contributed by atoms with Crippen LogP contribution in [0.15, 0.2) is 254 Å². The molecular formula is C99H91BrCl3F3N20O8. The van der Waals surface area contributed by atoms with Crippen LogP contribution < -0.4 is 42.5 Å². The van der Waals surface area contributed by atoms with Gasteiger partial charge in [0.1, 0.15) is 64.1 Å². The van der Waals surface area contributed by atoms with Gasteiger partial charge in [-0.15, -0.1) is 0 Å². The molecular weight excluding hydrogens is 1840 g/mol. The average Bonchev–Trinajstić information content (AvgIpc) is 0.908. The Morgan fingerprint density at radius 3 is 0.754 bits per heavy atom. The van der Waals surface area contributed by atoms with Crippen molar-refractivity contribution in [3.8, 4) is 0 Å². The van der Waals surface area contributed by atoms with E-state index < -0.39 is 58.8 Å². The fourth-order valence-electron chi connectivity index (χ4n) is 14.8. The van der Waals surface area contributed by atoms with Crippen LogP contribution in [-0.4, -0.2) is 162 Å². The van der Waals surface area contributed by atoms with Crippen molar-refractivity contribution in [1.82, 2.24) is 39.5 Å². The van der Waals surface area contributed by atoms with Crippen LogP contribution in [-0.2, 0) is 0 Å². The first-order chi connectivity index (χ1) is 64.8. The molecule has 8 aromatic carbocycles. The molecule has 4 fully saturated rings. The Bertz CT molecular complexity index is 5890. The van der Waals surface area contributed by atoms with Crippen molar-refractivity contribution in [2.75, 3.05) is 94.9 Å². The Morgan fingerprint density at radius 2 is 0.493 bits per heavy atom. The van der Waals surface area contributed by atoms with Crippen molar-refractivity contribution >= 4 is 167 Å². The van der Waals surface area contributed by atoms with E-state index >= 15 is 0 Å². The maximum atomic E-state index is 14.8. The number of likely N-dealkylation sites (tertiary alicyclic amines) is 4. The number of amides is 8. The first kappa shape index (κ1) is 96.7. The van der Waals surface area contributed by atoms with Gasteiger partial charge in [-0.05, 0) is 232 Å². The van der Waals surface area contributed by atoms with Crippen LogP contribution in [0.1, 0.15) is 176 Å². The highest BCUT2D eigenvalue weighted by Gasteiger charge is 2.27. The normalized spacial score (nSPS) is 13.2. The Kier molecular flexibility index (Phi) is 33.8. The van der Waals surface area contributed by atoms with Gasteiger partial charge in [-0.1, -0.05) is 114 Å². The van der Waals surface area contributed by atoms with E-state index in [0.717, 1.165) is 133 Å². The van der Waals surface area contributed by atoms with E-state index in [0.29, 0.717) is 77.7 Å². The van der Waals surface area contributed by atoms with E-state index in [2.05, 4.69) is 78.4 Å². The molecule has 16 rings (SSSR count). The zero-order valence-electron chi connectivity index (χ0n) is 72.1. The van der Waals surface area contributed by atoms with Gasteiger partial charge in [0.15, 0.2) is 0 Å². The third-order valence-corrected chi connectivity index (χ3v) is 23.0. The molecule has 0 radical (unpaired) electrons. The largest absolute Gasteiger partial charge is 0.357 e. The van der Waals surface area contributed by atoms with E-state index in [-0.39, 0.29) is 73.9 Å². The van der Waals surface area contributed by atoms with Crippen LogP contribution in [0.25, 0.3) is 0 Å². The number of para-hydroxylation sites is 4. The number of hydrogen-bond acceptors (Lipinski definition) is 16. The highest BCUT2D eigenvalue weighted by molar-refractivity contribution is 9.10. The number of hydrogen-bond donors (Lipinski definition) is 12. The van der Waals surface area contributed by atoms with Crippen molar-refractivity contribution in [1.29, 1.82) is 21.6 Å². The summed E-state index contributed by atoms with van der Waals surface area (Å²) in [6, 6.07) is 58.3. The lowest BCUT2D eigenvalue weighted by Crippen LogP contribution is -2.35. The van der Waals surface area contributed by atoms with Gasteiger partial charge < -0.3 is 62.1 Å². The first-order valence-corrected chi connectivity index (χ1v) is 44.9. The third kappa shape index (κ3) is 26.3. The van der Waals surface area contributed by atoms with Crippen molar-refractivity contribution in [2.45, 2.75) is 70.6 Å². The molecule has 4 aliphatic rings. The minimum absolute atomic E-state index is 0.167. The van der Waals surface area contributed by atoms with Gasteiger partial charge in [0, 0.05) is 109 Å². The molecule has 8 heterocycles. The number of halogens is 7. The molecule has 4 saturated heterocycles. The fraction of sp³-hybridized carbons (Fsp3) is 0.192. The molecule has 134 heavy (non-hydrogen) atoms. The summed E-state index contributed by atoms with van der Waals surface area (Å²) >= 11 is 20.8. The second-order valence-electron chi connectivity index (χ2n) is 31.2. The van der Waals surface area contributed by atoms with E-state index in [1.807, 2.05) is 19.6 Å². The number of nitrogens with one attached hydrogen (secondary N) is 12. The van der Waals surface area contributed by atoms with E-state index in [1.165, 1.54) is 55.0 Å². The molecule has 684 valence electrons. The smallest absolute Gasteiger partial charge is 0.258 e. The molecule has 0 atom stereocenters. The number of amidine groups is 4. The SMILES string of the molecule is N=C(c1ccc(C(=O)Nc2ccccc2C(=O)Nc2ccc(Br)cn2)c(F)c1)N1CCCCC1.N=C(c1ccc(C(=O)Nc2ccccc2C(=O)Nc2ccc(Cl)cn2)c(F)c1)N1CCCCC1.N=C(c1ccc(C(=O)Nc2ccccc2C(=O)Nc2ccc(Cl)cn2)c(F)c1)N1CCCCC1.N=C(c1ccc(C(=O)Nc2ccccc2C(=O)Nc2ccc(Cl)cn2)cc1)N1CCCC1. The average molecular weight is 1930 g/mol. The number of aromatic nitrogens is 4. The first-order valence-electron chi connectivity index (χ1n) is 42.9. The predicted octanol–water partition coefficient (Wildman–Crippen LogP) is 20.3. The quantitative estimate of drug-likeness (QED) is 0.0249. The number of rotatable bonds is 20. The highest BCUT2D eigenvalue weighted by Crippen LogP contribution is 2.29.